The van der Waals surface area contributed by atoms with Crippen molar-refractivity contribution < 1.29 is 19.1 Å². The molecule has 2 fully saturated rings. The third-order valence-electron chi connectivity index (χ3n) is 6.55. The summed E-state index contributed by atoms with van der Waals surface area (Å²) in [6.07, 6.45) is 15.4. The zero-order chi connectivity index (χ0) is 24.7. The molecule has 2 heterocycles. The summed E-state index contributed by atoms with van der Waals surface area (Å²) in [7, 11) is 0. The van der Waals surface area contributed by atoms with Crippen LogP contribution in [0.5, 0.6) is 0 Å². The second-order valence-electron chi connectivity index (χ2n) is 9.81. The molecule has 0 atom stereocenters. The molecular weight excluding hydrogens is 428 g/mol. The number of hydrogen-bond acceptors (Lipinski definition) is 6. The van der Waals surface area contributed by atoms with Crippen molar-refractivity contribution in [3.63, 3.8) is 0 Å². The SMILES string of the molecule is CCCOCCCCCCN1CCC(=O)CC1.CCCOCCCCCCN1CCC(=O)CC1. The Balaban J connectivity index is 0.000000340. The van der Waals surface area contributed by atoms with Crippen molar-refractivity contribution in [2.45, 2.75) is 104 Å². The number of unbranched alkanes of at least 4 members (excludes halogenated alkanes) is 6. The molecule has 0 aromatic carbocycles. The van der Waals surface area contributed by atoms with E-state index in [-0.39, 0.29) is 0 Å². The fourth-order valence-corrected chi connectivity index (χ4v) is 4.33. The monoisotopic (exact) mass is 482 g/mol. The first-order valence-corrected chi connectivity index (χ1v) is 14.3. The van der Waals surface area contributed by atoms with Gasteiger partial charge in [0.25, 0.3) is 0 Å². The van der Waals surface area contributed by atoms with E-state index in [4.69, 9.17) is 9.47 Å². The zero-order valence-corrected chi connectivity index (χ0v) is 22.5. The van der Waals surface area contributed by atoms with E-state index >= 15 is 0 Å². The third-order valence-corrected chi connectivity index (χ3v) is 6.55. The maximum Gasteiger partial charge on any atom is 0.135 e. The molecule has 0 amide bonds. The Kier molecular flexibility index (Phi) is 20.8. The fourth-order valence-electron chi connectivity index (χ4n) is 4.33. The van der Waals surface area contributed by atoms with Gasteiger partial charge in [0.15, 0.2) is 0 Å². The van der Waals surface area contributed by atoms with Crippen molar-refractivity contribution >= 4 is 11.6 Å². The number of rotatable bonds is 18. The van der Waals surface area contributed by atoms with E-state index in [2.05, 4.69) is 23.6 Å². The van der Waals surface area contributed by atoms with Crippen molar-refractivity contribution in [3.05, 3.63) is 0 Å². The normalized spacial score (nSPS) is 17.6. The molecule has 2 rings (SSSR count). The molecule has 2 aliphatic rings. The first-order chi connectivity index (χ1) is 16.7. The van der Waals surface area contributed by atoms with Gasteiger partial charge in [0.1, 0.15) is 11.6 Å². The van der Waals surface area contributed by atoms with E-state index in [0.29, 0.717) is 11.6 Å². The van der Waals surface area contributed by atoms with Gasteiger partial charge in [-0.2, -0.15) is 0 Å². The highest BCUT2D eigenvalue weighted by molar-refractivity contribution is 5.79. The van der Waals surface area contributed by atoms with Gasteiger partial charge < -0.3 is 19.3 Å². The van der Waals surface area contributed by atoms with Crippen LogP contribution in [-0.2, 0) is 19.1 Å². The van der Waals surface area contributed by atoms with Crippen molar-refractivity contribution in [2.75, 3.05) is 65.7 Å². The predicted octanol–water partition coefficient (Wildman–Crippen LogP) is 5.28. The van der Waals surface area contributed by atoms with Crippen LogP contribution in [-0.4, -0.2) is 87.1 Å². The highest BCUT2D eigenvalue weighted by Crippen LogP contribution is 2.09. The molecule has 0 spiro atoms. The number of hydrogen-bond donors (Lipinski definition) is 0. The molecule has 2 aliphatic heterocycles. The minimum atomic E-state index is 0.439. The van der Waals surface area contributed by atoms with E-state index in [0.717, 1.165) is 91.1 Å². The molecule has 0 unspecified atom stereocenters. The first kappa shape index (κ1) is 31.2. The summed E-state index contributed by atoms with van der Waals surface area (Å²) >= 11 is 0. The summed E-state index contributed by atoms with van der Waals surface area (Å²) in [5.41, 5.74) is 0. The number of carbonyl (C=O) groups excluding carboxylic acids is 2. The van der Waals surface area contributed by atoms with Crippen LogP contribution >= 0.6 is 0 Å². The molecule has 6 heteroatoms. The number of ether oxygens (including phenoxy) is 2. The molecule has 2 saturated heterocycles. The molecule has 0 aromatic heterocycles. The zero-order valence-electron chi connectivity index (χ0n) is 22.5. The topological polar surface area (TPSA) is 59.1 Å². The molecule has 6 nitrogen and oxygen atoms in total. The first-order valence-electron chi connectivity index (χ1n) is 14.3. The predicted molar refractivity (Wildman–Crippen MR) is 141 cm³/mol. The van der Waals surface area contributed by atoms with E-state index in [9.17, 15) is 9.59 Å². The summed E-state index contributed by atoms with van der Waals surface area (Å²) in [6.45, 7) is 14.2. The van der Waals surface area contributed by atoms with Crippen LogP contribution in [0.4, 0.5) is 0 Å². The Morgan fingerprint density at radius 2 is 0.882 bits per heavy atom. The highest BCUT2D eigenvalue weighted by atomic mass is 16.5. The van der Waals surface area contributed by atoms with Gasteiger partial charge in [0.2, 0.25) is 0 Å². The largest absolute Gasteiger partial charge is 0.381 e. The Labute approximate surface area is 210 Å². The lowest BCUT2D eigenvalue weighted by atomic mass is 10.1. The average Bonchev–Trinajstić information content (AvgIpc) is 2.85. The van der Waals surface area contributed by atoms with Crippen molar-refractivity contribution in [1.82, 2.24) is 9.80 Å². The lowest BCUT2D eigenvalue weighted by Gasteiger charge is -2.25. The van der Waals surface area contributed by atoms with E-state index in [1.807, 2.05) is 0 Å². The van der Waals surface area contributed by atoms with Crippen molar-refractivity contribution in [3.8, 4) is 0 Å². The van der Waals surface area contributed by atoms with Gasteiger partial charge in [0, 0.05) is 78.3 Å². The van der Waals surface area contributed by atoms with Crippen LogP contribution in [0.15, 0.2) is 0 Å². The minimum absolute atomic E-state index is 0.439. The smallest absolute Gasteiger partial charge is 0.135 e. The third kappa shape index (κ3) is 18.5. The lowest BCUT2D eigenvalue weighted by molar-refractivity contribution is -0.122. The maximum atomic E-state index is 11.1. The molecule has 0 radical (unpaired) electrons. The van der Waals surface area contributed by atoms with Crippen LogP contribution in [0, 0.1) is 0 Å². The summed E-state index contributed by atoms with van der Waals surface area (Å²) in [4.78, 5) is 27.0. The van der Waals surface area contributed by atoms with Gasteiger partial charge in [-0.15, -0.1) is 0 Å². The number of likely N-dealkylation sites (tertiary alicyclic amines) is 2. The maximum absolute atomic E-state index is 11.1. The number of nitrogens with zero attached hydrogens (tertiary/aromatic N) is 2. The molecule has 0 saturated carbocycles. The fraction of sp³-hybridized carbons (Fsp3) is 0.929. The molecule has 0 aliphatic carbocycles. The lowest BCUT2D eigenvalue weighted by Crippen LogP contribution is -2.34. The van der Waals surface area contributed by atoms with Crippen molar-refractivity contribution in [2.24, 2.45) is 0 Å². The standard InChI is InChI=1S/2C14H27NO2/c2*1-2-12-17-13-6-4-3-5-9-15-10-7-14(16)8-11-15/h2*2-13H2,1H3. The Morgan fingerprint density at radius 1 is 0.529 bits per heavy atom. The van der Waals surface area contributed by atoms with E-state index in [1.165, 1.54) is 64.5 Å². The molecular formula is C28H54N2O4. The van der Waals surface area contributed by atoms with Gasteiger partial charge in [-0.25, -0.2) is 0 Å². The summed E-state index contributed by atoms with van der Waals surface area (Å²) in [5.74, 6) is 0.878. The van der Waals surface area contributed by atoms with Gasteiger partial charge in [-0.1, -0.05) is 39.5 Å². The van der Waals surface area contributed by atoms with Crippen molar-refractivity contribution in [1.29, 1.82) is 0 Å². The van der Waals surface area contributed by atoms with Crippen LogP contribution in [0.1, 0.15) is 104 Å². The molecule has 34 heavy (non-hydrogen) atoms. The quantitative estimate of drug-likeness (QED) is 0.248. The Morgan fingerprint density at radius 3 is 1.24 bits per heavy atom. The van der Waals surface area contributed by atoms with Gasteiger partial charge in [-0.3, -0.25) is 9.59 Å². The van der Waals surface area contributed by atoms with Crippen LogP contribution in [0.2, 0.25) is 0 Å². The van der Waals surface area contributed by atoms with Crippen LogP contribution in [0.25, 0.3) is 0 Å². The van der Waals surface area contributed by atoms with Crippen LogP contribution < -0.4 is 0 Å². The summed E-state index contributed by atoms with van der Waals surface area (Å²) in [5, 5.41) is 0. The number of piperidine rings is 2. The second kappa shape index (κ2) is 22.6. The number of carbonyl (C=O) groups is 2. The molecule has 0 N–H and O–H groups in total. The van der Waals surface area contributed by atoms with E-state index < -0.39 is 0 Å². The second-order valence-corrected chi connectivity index (χ2v) is 9.81. The highest BCUT2D eigenvalue weighted by Gasteiger charge is 2.15. The van der Waals surface area contributed by atoms with Gasteiger partial charge in [0.05, 0.1) is 0 Å². The molecule has 0 bridgehead atoms. The number of Topliss-reactive ketones (excluding diaryl/α,β-unsaturated/α-hetero) is 2. The Bertz CT molecular complexity index is 437. The van der Waals surface area contributed by atoms with Gasteiger partial charge >= 0.3 is 0 Å². The van der Waals surface area contributed by atoms with Crippen LogP contribution in [0.3, 0.4) is 0 Å². The summed E-state index contributed by atoms with van der Waals surface area (Å²) in [6, 6.07) is 0. The number of ketones is 2. The van der Waals surface area contributed by atoms with Gasteiger partial charge in [-0.05, 0) is 51.6 Å². The average molecular weight is 483 g/mol. The molecule has 0 aromatic rings. The van der Waals surface area contributed by atoms with E-state index in [1.54, 1.807) is 0 Å². The Hall–Kier alpha value is -0.820. The summed E-state index contributed by atoms with van der Waals surface area (Å²) < 4.78 is 10.9. The minimum Gasteiger partial charge on any atom is -0.381 e. The molecule has 200 valence electrons.